The van der Waals surface area contributed by atoms with Crippen molar-refractivity contribution in [2.24, 2.45) is 5.92 Å². The monoisotopic (exact) mass is 492 g/mol. The van der Waals surface area contributed by atoms with Crippen LogP contribution in [0, 0.1) is 11.7 Å². The minimum atomic E-state index is -1.20. The van der Waals surface area contributed by atoms with E-state index in [1.54, 1.807) is 23.2 Å². The molecule has 188 valence electrons. The number of amides is 4. The van der Waals surface area contributed by atoms with E-state index in [1.165, 1.54) is 24.1 Å². The summed E-state index contributed by atoms with van der Waals surface area (Å²) in [4.78, 5) is 46.0. The number of carbonyl (C=O) groups is 3. The van der Waals surface area contributed by atoms with Gasteiger partial charge in [-0.1, -0.05) is 30.3 Å². The van der Waals surface area contributed by atoms with Gasteiger partial charge >= 0.3 is 6.03 Å². The fraction of sp³-hybridized carbons (Fsp3) is 0.370. The molecule has 1 unspecified atom stereocenters. The van der Waals surface area contributed by atoms with E-state index >= 15 is 0 Å². The number of H-pyrrole nitrogens is 1. The van der Waals surface area contributed by atoms with Gasteiger partial charge in [0.25, 0.3) is 11.8 Å². The normalized spacial score (nSPS) is 20.8. The van der Waals surface area contributed by atoms with Crippen LogP contribution >= 0.6 is 0 Å². The number of carbonyl (C=O) groups excluding carboxylic acids is 3. The van der Waals surface area contributed by atoms with E-state index in [-0.39, 0.29) is 37.3 Å². The van der Waals surface area contributed by atoms with Crippen LogP contribution < -0.4 is 5.32 Å². The molecule has 3 heterocycles. The van der Waals surface area contributed by atoms with Crippen LogP contribution in [0.1, 0.15) is 28.8 Å². The molecule has 9 heteroatoms. The fourth-order valence-corrected chi connectivity index (χ4v) is 5.53. The SMILES string of the molecule is COCCN1C(=O)NC(Cc2cccc(F)c2)(C2CCN(C(=O)c3c[nH]c4ccccc34)CC2)C1=O. The predicted octanol–water partition coefficient (Wildman–Crippen LogP) is 3.34. The van der Waals surface area contributed by atoms with E-state index in [9.17, 15) is 18.8 Å². The third-order valence-electron chi connectivity index (χ3n) is 7.39. The van der Waals surface area contributed by atoms with Crippen LogP contribution in [-0.2, 0) is 16.0 Å². The van der Waals surface area contributed by atoms with E-state index in [2.05, 4.69) is 10.3 Å². The summed E-state index contributed by atoms with van der Waals surface area (Å²) >= 11 is 0. The third-order valence-corrected chi connectivity index (χ3v) is 7.39. The first kappa shape index (κ1) is 24.0. The minimum absolute atomic E-state index is 0.0615. The molecule has 2 aromatic carbocycles. The zero-order valence-corrected chi connectivity index (χ0v) is 20.1. The molecule has 0 spiro atoms. The molecule has 0 bridgehead atoms. The molecule has 1 aromatic heterocycles. The number of aromatic nitrogens is 1. The number of fused-ring (bicyclic) bond motifs is 1. The van der Waals surface area contributed by atoms with E-state index in [0.29, 0.717) is 37.1 Å². The second-order valence-corrected chi connectivity index (χ2v) is 9.47. The van der Waals surface area contributed by atoms with Gasteiger partial charge < -0.3 is 19.9 Å². The van der Waals surface area contributed by atoms with Crippen molar-refractivity contribution < 1.29 is 23.5 Å². The Hall–Kier alpha value is -3.72. The number of hydrogen-bond donors (Lipinski definition) is 2. The highest BCUT2D eigenvalue weighted by atomic mass is 19.1. The van der Waals surface area contributed by atoms with Gasteiger partial charge in [0, 0.05) is 43.7 Å². The molecule has 2 N–H and O–H groups in total. The summed E-state index contributed by atoms with van der Waals surface area (Å²) in [5, 5.41) is 3.83. The highest BCUT2D eigenvalue weighted by Gasteiger charge is 2.56. The number of likely N-dealkylation sites (tertiary alicyclic amines) is 1. The van der Waals surface area contributed by atoms with Crippen molar-refractivity contribution in [3.8, 4) is 0 Å². The van der Waals surface area contributed by atoms with Gasteiger partial charge in [0.1, 0.15) is 11.4 Å². The van der Waals surface area contributed by atoms with Crippen molar-refractivity contribution in [3.63, 3.8) is 0 Å². The summed E-state index contributed by atoms with van der Waals surface area (Å²) in [5.74, 6) is -0.990. The number of rotatable bonds is 7. The second kappa shape index (κ2) is 9.73. The van der Waals surface area contributed by atoms with Gasteiger partial charge in [-0.15, -0.1) is 0 Å². The van der Waals surface area contributed by atoms with E-state index < -0.39 is 17.4 Å². The molecule has 2 saturated heterocycles. The largest absolute Gasteiger partial charge is 0.383 e. The van der Waals surface area contributed by atoms with Crippen LogP contribution in [0.15, 0.2) is 54.7 Å². The Morgan fingerprint density at radius 1 is 1.14 bits per heavy atom. The van der Waals surface area contributed by atoms with Crippen LogP contribution in [0.5, 0.6) is 0 Å². The van der Waals surface area contributed by atoms with Gasteiger partial charge in [-0.3, -0.25) is 14.5 Å². The minimum Gasteiger partial charge on any atom is -0.383 e. The summed E-state index contributed by atoms with van der Waals surface area (Å²) in [6.45, 7) is 1.28. The number of para-hydroxylation sites is 1. The summed E-state index contributed by atoms with van der Waals surface area (Å²) in [5.41, 5.74) is 0.957. The molecular formula is C27H29FN4O4. The van der Waals surface area contributed by atoms with Gasteiger partial charge in [-0.25, -0.2) is 9.18 Å². The smallest absolute Gasteiger partial charge is 0.325 e. The molecule has 4 amide bonds. The average molecular weight is 493 g/mol. The van der Waals surface area contributed by atoms with Crippen molar-refractivity contribution in [2.45, 2.75) is 24.8 Å². The van der Waals surface area contributed by atoms with Crippen molar-refractivity contribution in [3.05, 3.63) is 71.7 Å². The number of aromatic amines is 1. The maximum absolute atomic E-state index is 14.0. The van der Waals surface area contributed by atoms with Crippen LogP contribution in [0.4, 0.5) is 9.18 Å². The average Bonchev–Trinajstić information content (AvgIpc) is 3.41. The topological polar surface area (TPSA) is 94.7 Å². The standard InChI is InChI=1S/C27H29FN4O4/c1-36-14-13-32-25(34)27(30-26(32)35,16-18-5-4-6-20(28)15-18)19-9-11-31(12-10-19)24(33)22-17-29-23-8-3-2-7-21(22)23/h2-8,15,17,19,29H,9-14,16H2,1H3,(H,30,35). The van der Waals surface area contributed by atoms with Gasteiger partial charge in [-0.2, -0.15) is 0 Å². The van der Waals surface area contributed by atoms with E-state index in [0.717, 1.165) is 10.9 Å². The van der Waals surface area contributed by atoms with Crippen LogP contribution in [0.3, 0.4) is 0 Å². The number of methoxy groups -OCH3 is 1. The molecule has 0 aliphatic carbocycles. The fourth-order valence-electron chi connectivity index (χ4n) is 5.53. The Labute approximate surface area is 208 Å². The Balaban J connectivity index is 1.38. The molecule has 2 aliphatic rings. The van der Waals surface area contributed by atoms with Crippen molar-refractivity contribution in [1.82, 2.24) is 20.1 Å². The number of ether oxygens (including phenoxy) is 1. The molecule has 1 atom stereocenters. The Bertz CT molecular complexity index is 1300. The molecule has 0 saturated carbocycles. The molecule has 2 aliphatic heterocycles. The highest BCUT2D eigenvalue weighted by Crippen LogP contribution is 2.37. The molecule has 5 rings (SSSR count). The zero-order chi connectivity index (χ0) is 25.3. The lowest BCUT2D eigenvalue weighted by atomic mass is 9.73. The zero-order valence-electron chi connectivity index (χ0n) is 20.1. The number of nitrogens with one attached hydrogen (secondary N) is 2. The summed E-state index contributed by atoms with van der Waals surface area (Å²) < 4.78 is 19.0. The summed E-state index contributed by atoms with van der Waals surface area (Å²) in [7, 11) is 1.51. The third kappa shape index (κ3) is 4.24. The maximum Gasteiger partial charge on any atom is 0.325 e. The Morgan fingerprint density at radius 3 is 2.67 bits per heavy atom. The number of hydrogen-bond acceptors (Lipinski definition) is 4. The van der Waals surface area contributed by atoms with Crippen LogP contribution in [-0.4, -0.2) is 71.5 Å². The van der Waals surface area contributed by atoms with Gasteiger partial charge in [-0.05, 0) is 42.5 Å². The van der Waals surface area contributed by atoms with Crippen molar-refractivity contribution >= 4 is 28.7 Å². The molecule has 3 aromatic rings. The van der Waals surface area contributed by atoms with Crippen LogP contribution in [0.2, 0.25) is 0 Å². The molecule has 36 heavy (non-hydrogen) atoms. The maximum atomic E-state index is 14.0. The number of piperidine rings is 1. The number of nitrogens with zero attached hydrogens (tertiary/aromatic N) is 2. The van der Waals surface area contributed by atoms with Gasteiger partial charge in [0.15, 0.2) is 0 Å². The van der Waals surface area contributed by atoms with Gasteiger partial charge in [0.2, 0.25) is 0 Å². The lowest BCUT2D eigenvalue weighted by Gasteiger charge is -2.41. The lowest BCUT2D eigenvalue weighted by Crippen LogP contribution is -2.58. The number of imide groups is 1. The number of urea groups is 1. The second-order valence-electron chi connectivity index (χ2n) is 9.47. The first-order valence-corrected chi connectivity index (χ1v) is 12.2. The molecular weight excluding hydrogens is 463 g/mol. The number of benzene rings is 2. The van der Waals surface area contributed by atoms with E-state index in [1.807, 2.05) is 24.3 Å². The highest BCUT2D eigenvalue weighted by molar-refractivity contribution is 6.08. The van der Waals surface area contributed by atoms with E-state index in [4.69, 9.17) is 4.74 Å². The summed E-state index contributed by atoms with van der Waals surface area (Å²) in [6, 6.07) is 13.3. The molecule has 2 fully saturated rings. The quantitative estimate of drug-likeness (QED) is 0.495. The van der Waals surface area contributed by atoms with Crippen molar-refractivity contribution in [1.29, 1.82) is 0 Å². The van der Waals surface area contributed by atoms with Gasteiger partial charge in [0.05, 0.1) is 18.7 Å². The lowest BCUT2D eigenvalue weighted by molar-refractivity contribution is -0.134. The molecule has 0 radical (unpaired) electrons. The van der Waals surface area contributed by atoms with Crippen molar-refractivity contribution in [2.75, 3.05) is 33.4 Å². The Kier molecular flexibility index (Phi) is 6.49. The number of halogens is 1. The predicted molar refractivity (Wildman–Crippen MR) is 132 cm³/mol. The first-order valence-electron chi connectivity index (χ1n) is 12.2. The van der Waals surface area contributed by atoms with Crippen LogP contribution in [0.25, 0.3) is 10.9 Å². The first-order chi connectivity index (χ1) is 17.4. The molecule has 8 nitrogen and oxygen atoms in total. The summed E-state index contributed by atoms with van der Waals surface area (Å²) in [6.07, 6.45) is 2.99. The Morgan fingerprint density at radius 2 is 1.92 bits per heavy atom.